The van der Waals surface area contributed by atoms with Gasteiger partial charge in [-0.15, -0.1) is 11.6 Å². The monoisotopic (exact) mass is 219 g/mol. The summed E-state index contributed by atoms with van der Waals surface area (Å²) < 4.78 is 0. The highest BCUT2D eigenvalue weighted by Crippen LogP contribution is 2.03. The molecule has 1 nitrogen and oxygen atoms in total. The van der Waals surface area contributed by atoms with Crippen LogP contribution in [0.25, 0.3) is 0 Å². The Morgan fingerprint density at radius 2 is 1.86 bits per heavy atom. The van der Waals surface area contributed by atoms with Gasteiger partial charge >= 0.3 is 0 Å². The third-order valence-electron chi connectivity index (χ3n) is 2.51. The number of halogens is 1. The molecule has 0 aliphatic rings. The molecule has 0 fully saturated rings. The topological polar surface area (TPSA) is 12.0 Å². The van der Waals surface area contributed by atoms with E-state index in [0.29, 0.717) is 0 Å². The molecule has 0 rings (SSSR count). The van der Waals surface area contributed by atoms with Crippen LogP contribution in [0.4, 0.5) is 0 Å². The van der Waals surface area contributed by atoms with Gasteiger partial charge < -0.3 is 5.32 Å². The van der Waals surface area contributed by atoms with E-state index >= 15 is 0 Å². The van der Waals surface area contributed by atoms with Crippen molar-refractivity contribution < 1.29 is 0 Å². The van der Waals surface area contributed by atoms with Crippen LogP contribution in [-0.2, 0) is 0 Å². The van der Waals surface area contributed by atoms with Gasteiger partial charge in [0.15, 0.2) is 0 Å². The number of hydrogen-bond acceptors (Lipinski definition) is 1. The van der Waals surface area contributed by atoms with E-state index in [1.165, 1.54) is 51.6 Å². The number of rotatable bonds is 10. The molecule has 0 saturated heterocycles. The van der Waals surface area contributed by atoms with E-state index in [4.69, 9.17) is 11.6 Å². The first kappa shape index (κ1) is 14.2. The minimum absolute atomic E-state index is 0.820. The van der Waals surface area contributed by atoms with E-state index in [9.17, 15) is 0 Å². The van der Waals surface area contributed by atoms with E-state index in [1.54, 1.807) is 0 Å². The summed E-state index contributed by atoms with van der Waals surface area (Å²) in [5.41, 5.74) is 0. The first-order valence-corrected chi connectivity index (χ1v) is 6.61. The molecule has 0 radical (unpaired) electrons. The molecule has 0 aliphatic heterocycles. The first-order chi connectivity index (χ1) is 6.81. The Labute approximate surface area is 94.6 Å². The molecule has 1 unspecified atom stereocenters. The van der Waals surface area contributed by atoms with Crippen LogP contribution >= 0.6 is 11.6 Å². The Bertz CT molecular complexity index is 106. The van der Waals surface area contributed by atoms with Crippen molar-refractivity contribution in [2.24, 2.45) is 5.92 Å². The van der Waals surface area contributed by atoms with Crippen LogP contribution in [0.1, 0.15) is 52.4 Å². The zero-order valence-corrected chi connectivity index (χ0v) is 10.6. The Balaban J connectivity index is 2.98. The summed E-state index contributed by atoms with van der Waals surface area (Å²) in [5.74, 6) is 1.66. The number of hydrogen-bond donors (Lipinski definition) is 1. The minimum Gasteiger partial charge on any atom is -0.316 e. The maximum absolute atomic E-state index is 5.60. The van der Waals surface area contributed by atoms with Crippen LogP contribution in [0.15, 0.2) is 0 Å². The second-order valence-corrected chi connectivity index (χ2v) is 4.58. The predicted octanol–water partition coefficient (Wildman–Crippen LogP) is 3.81. The highest BCUT2D eigenvalue weighted by molar-refractivity contribution is 6.17. The lowest BCUT2D eigenvalue weighted by Gasteiger charge is -2.10. The molecule has 0 saturated carbocycles. The molecule has 1 atom stereocenters. The molecule has 1 N–H and O–H groups in total. The highest BCUT2D eigenvalue weighted by Gasteiger charge is 1.98. The summed E-state index contributed by atoms with van der Waals surface area (Å²) in [4.78, 5) is 0. The van der Waals surface area contributed by atoms with Crippen molar-refractivity contribution in [3.63, 3.8) is 0 Å². The van der Waals surface area contributed by atoms with Gasteiger partial charge in [0.1, 0.15) is 0 Å². The molecular weight excluding hydrogens is 194 g/mol. The molecular formula is C12H26ClN. The number of alkyl halides is 1. The quantitative estimate of drug-likeness (QED) is 0.435. The van der Waals surface area contributed by atoms with Crippen LogP contribution in [0.3, 0.4) is 0 Å². The third kappa shape index (κ3) is 10.3. The summed E-state index contributed by atoms with van der Waals surface area (Å²) in [6, 6.07) is 0. The molecule has 0 aromatic heterocycles. The summed E-state index contributed by atoms with van der Waals surface area (Å²) in [7, 11) is 0. The average Bonchev–Trinajstić information content (AvgIpc) is 2.17. The molecule has 0 heterocycles. The van der Waals surface area contributed by atoms with Gasteiger partial charge in [0.2, 0.25) is 0 Å². The first-order valence-electron chi connectivity index (χ1n) is 6.08. The fraction of sp³-hybridized carbons (Fsp3) is 1.00. The maximum Gasteiger partial charge on any atom is 0.0223 e. The number of nitrogens with one attached hydrogen (secondary N) is 1. The standard InChI is InChI=1S/C12H26ClN/c1-3-8-12(2)11-14-10-7-5-4-6-9-13/h12,14H,3-11H2,1-2H3. The highest BCUT2D eigenvalue weighted by atomic mass is 35.5. The molecule has 86 valence electrons. The lowest BCUT2D eigenvalue weighted by atomic mass is 10.1. The maximum atomic E-state index is 5.60. The third-order valence-corrected chi connectivity index (χ3v) is 2.78. The molecule has 0 amide bonds. The molecule has 2 heteroatoms. The van der Waals surface area contributed by atoms with Gasteiger partial charge in [0, 0.05) is 5.88 Å². The van der Waals surface area contributed by atoms with E-state index in [2.05, 4.69) is 19.2 Å². The van der Waals surface area contributed by atoms with Crippen molar-refractivity contribution >= 4 is 11.6 Å². The second kappa shape index (κ2) is 11.3. The van der Waals surface area contributed by atoms with Crippen molar-refractivity contribution in [2.75, 3.05) is 19.0 Å². The normalized spacial score (nSPS) is 13.1. The number of unbranched alkanes of at least 4 members (excludes halogenated alkanes) is 3. The van der Waals surface area contributed by atoms with Crippen LogP contribution < -0.4 is 5.32 Å². The van der Waals surface area contributed by atoms with Gasteiger partial charge in [0.05, 0.1) is 0 Å². The average molecular weight is 220 g/mol. The SMILES string of the molecule is CCCC(C)CNCCCCCCCl. The van der Waals surface area contributed by atoms with Crippen molar-refractivity contribution in [1.82, 2.24) is 5.32 Å². The van der Waals surface area contributed by atoms with Crippen molar-refractivity contribution in [1.29, 1.82) is 0 Å². The van der Waals surface area contributed by atoms with Crippen LogP contribution in [0.5, 0.6) is 0 Å². The fourth-order valence-electron chi connectivity index (χ4n) is 1.64. The Morgan fingerprint density at radius 3 is 2.50 bits per heavy atom. The largest absolute Gasteiger partial charge is 0.316 e. The molecule has 0 spiro atoms. The van der Waals surface area contributed by atoms with Crippen LogP contribution in [0, 0.1) is 5.92 Å². The van der Waals surface area contributed by atoms with Gasteiger partial charge in [-0.25, -0.2) is 0 Å². The lowest BCUT2D eigenvalue weighted by molar-refractivity contribution is 0.468. The van der Waals surface area contributed by atoms with Gasteiger partial charge in [-0.1, -0.05) is 33.1 Å². The van der Waals surface area contributed by atoms with Crippen molar-refractivity contribution in [3.8, 4) is 0 Å². The zero-order valence-electron chi connectivity index (χ0n) is 9.82. The fourth-order valence-corrected chi connectivity index (χ4v) is 1.83. The molecule has 0 aliphatic carbocycles. The summed E-state index contributed by atoms with van der Waals surface area (Å²) in [5, 5.41) is 3.51. The summed E-state index contributed by atoms with van der Waals surface area (Å²) in [6.07, 6.45) is 7.74. The molecule has 14 heavy (non-hydrogen) atoms. The smallest absolute Gasteiger partial charge is 0.0223 e. The minimum atomic E-state index is 0.820. The predicted molar refractivity (Wildman–Crippen MR) is 66.1 cm³/mol. The van der Waals surface area contributed by atoms with E-state index < -0.39 is 0 Å². The lowest BCUT2D eigenvalue weighted by Crippen LogP contribution is -2.22. The van der Waals surface area contributed by atoms with Crippen molar-refractivity contribution in [2.45, 2.75) is 52.4 Å². The van der Waals surface area contributed by atoms with E-state index in [-0.39, 0.29) is 0 Å². The van der Waals surface area contributed by atoms with Crippen molar-refractivity contribution in [3.05, 3.63) is 0 Å². The Kier molecular flexibility index (Phi) is 11.5. The Morgan fingerprint density at radius 1 is 1.14 bits per heavy atom. The molecule has 0 aromatic carbocycles. The van der Waals surface area contributed by atoms with Gasteiger partial charge in [-0.2, -0.15) is 0 Å². The summed E-state index contributed by atoms with van der Waals surface area (Å²) in [6.45, 7) is 6.94. The zero-order chi connectivity index (χ0) is 10.6. The Hall–Kier alpha value is 0.250. The van der Waals surface area contributed by atoms with Crippen LogP contribution in [-0.4, -0.2) is 19.0 Å². The summed E-state index contributed by atoms with van der Waals surface area (Å²) >= 11 is 5.60. The van der Waals surface area contributed by atoms with Crippen LogP contribution in [0.2, 0.25) is 0 Å². The van der Waals surface area contributed by atoms with E-state index in [0.717, 1.165) is 11.8 Å². The van der Waals surface area contributed by atoms with E-state index in [1.807, 2.05) is 0 Å². The van der Waals surface area contributed by atoms with Gasteiger partial charge in [-0.05, 0) is 38.3 Å². The molecule has 0 aromatic rings. The molecule has 0 bridgehead atoms. The van der Waals surface area contributed by atoms with Gasteiger partial charge in [-0.3, -0.25) is 0 Å². The van der Waals surface area contributed by atoms with Gasteiger partial charge in [0.25, 0.3) is 0 Å². The second-order valence-electron chi connectivity index (χ2n) is 4.20.